The van der Waals surface area contributed by atoms with Gasteiger partial charge in [-0.3, -0.25) is 4.79 Å². The van der Waals surface area contributed by atoms with Crippen LogP contribution in [-0.4, -0.2) is 25.5 Å². The molecule has 0 spiro atoms. The van der Waals surface area contributed by atoms with E-state index in [1.54, 1.807) is 12.2 Å². The highest BCUT2D eigenvalue weighted by Gasteiger charge is 2.13. The highest BCUT2D eigenvalue weighted by Crippen LogP contribution is 2.14. The molecule has 16 heavy (non-hydrogen) atoms. The summed E-state index contributed by atoms with van der Waals surface area (Å²) in [5, 5.41) is 0. The summed E-state index contributed by atoms with van der Waals surface area (Å²) in [5.41, 5.74) is 0. The number of allylic oxidation sites excluding steroid dienone is 1. The van der Waals surface area contributed by atoms with Crippen molar-refractivity contribution in [3.8, 4) is 0 Å². The van der Waals surface area contributed by atoms with E-state index in [0.29, 0.717) is 18.8 Å². The van der Waals surface area contributed by atoms with E-state index in [-0.39, 0.29) is 12.3 Å². The average molecular weight is 224 g/mol. The van der Waals surface area contributed by atoms with Crippen LogP contribution < -0.4 is 0 Å². The lowest BCUT2D eigenvalue weighted by Gasteiger charge is -2.21. The quantitative estimate of drug-likeness (QED) is 0.684. The molecule has 1 unspecified atom stereocenters. The first-order chi connectivity index (χ1) is 7.84. The van der Waals surface area contributed by atoms with Gasteiger partial charge < -0.3 is 14.2 Å². The van der Waals surface area contributed by atoms with Gasteiger partial charge in [-0.25, -0.2) is 0 Å². The third-order valence-electron chi connectivity index (χ3n) is 2.50. The van der Waals surface area contributed by atoms with Gasteiger partial charge >= 0.3 is 5.97 Å². The highest BCUT2D eigenvalue weighted by atomic mass is 16.7. The van der Waals surface area contributed by atoms with Crippen LogP contribution in [0.1, 0.15) is 25.7 Å². The van der Waals surface area contributed by atoms with Gasteiger partial charge in [-0.15, -0.1) is 0 Å². The Kier molecular flexibility index (Phi) is 4.13. The molecule has 0 bridgehead atoms. The maximum atomic E-state index is 10.8. The summed E-state index contributed by atoms with van der Waals surface area (Å²) in [6.45, 7) is 1.27. The van der Waals surface area contributed by atoms with Crippen molar-refractivity contribution < 1.29 is 19.0 Å². The Bertz CT molecular complexity index is 300. The molecule has 0 amide bonds. The summed E-state index contributed by atoms with van der Waals surface area (Å²) in [7, 11) is 0. The first-order valence-electron chi connectivity index (χ1n) is 5.65. The van der Waals surface area contributed by atoms with Crippen molar-refractivity contribution in [3.05, 3.63) is 24.0 Å². The Labute approximate surface area is 94.9 Å². The molecule has 2 rings (SSSR count). The topological polar surface area (TPSA) is 44.8 Å². The molecule has 0 saturated carbocycles. The minimum atomic E-state index is -0.198. The maximum absolute atomic E-state index is 10.8. The van der Waals surface area contributed by atoms with Gasteiger partial charge in [0.1, 0.15) is 5.76 Å². The lowest BCUT2D eigenvalue weighted by molar-refractivity contribution is -0.155. The Morgan fingerprint density at radius 2 is 2.44 bits per heavy atom. The lowest BCUT2D eigenvalue weighted by atomic mass is 10.2. The van der Waals surface area contributed by atoms with E-state index in [0.717, 1.165) is 25.9 Å². The van der Waals surface area contributed by atoms with Crippen molar-refractivity contribution in [1.82, 2.24) is 0 Å². The number of hydrogen-bond acceptors (Lipinski definition) is 4. The third kappa shape index (κ3) is 3.47. The van der Waals surface area contributed by atoms with Crippen LogP contribution in [0.5, 0.6) is 0 Å². The summed E-state index contributed by atoms with van der Waals surface area (Å²) in [4.78, 5) is 10.8. The number of esters is 1. The average Bonchev–Trinajstić information content (AvgIpc) is 2.72. The highest BCUT2D eigenvalue weighted by molar-refractivity contribution is 5.75. The van der Waals surface area contributed by atoms with Crippen LogP contribution in [0.25, 0.3) is 0 Å². The predicted octanol–water partition coefficient (Wildman–Crippen LogP) is 1.92. The van der Waals surface area contributed by atoms with Gasteiger partial charge in [0.25, 0.3) is 0 Å². The second kappa shape index (κ2) is 5.82. The predicted molar refractivity (Wildman–Crippen MR) is 57.5 cm³/mol. The van der Waals surface area contributed by atoms with Gasteiger partial charge in [0.2, 0.25) is 0 Å². The molecule has 88 valence electrons. The SMILES string of the molecule is O=C1CC=C(/C=C/COC2CCCCO2)O1. The Balaban J connectivity index is 1.63. The molecule has 0 aromatic carbocycles. The zero-order chi connectivity index (χ0) is 11.2. The summed E-state index contributed by atoms with van der Waals surface area (Å²) in [6, 6.07) is 0. The van der Waals surface area contributed by atoms with E-state index in [4.69, 9.17) is 14.2 Å². The molecule has 1 fully saturated rings. The molecule has 0 aromatic heterocycles. The zero-order valence-corrected chi connectivity index (χ0v) is 9.19. The van der Waals surface area contributed by atoms with Crippen molar-refractivity contribution in [2.24, 2.45) is 0 Å². The van der Waals surface area contributed by atoms with Gasteiger partial charge in [-0.1, -0.05) is 6.08 Å². The molecule has 2 heterocycles. The number of ether oxygens (including phenoxy) is 3. The summed E-state index contributed by atoms with van der Waals surface area (Å²) >= 11 is 0. The monoisotopic (exact) mass is 224 g/mol. The number of cyclic esters (lactones) is 1. The van der Waals surface area contributed by atoms with Gasteiger partial charge in [0, 0.05) is 6.61 Å². The van der Waals surface area contributed by atoms with Crippen LogP contribution in [-0.2, 0) is 19.0 Å². The molecule has 4 heteroatoms. The first-order valence-corrected chi connectivity index (χ1v) is 5.65. The van der Waals surface area contributed by atoms with Crippen molar-refractivity contribution in [2.75, 3.05) is 13.2 Å². The first kappa shape index (κ1) is 11.4. The molecule has 4 nitrogen and oxygen atoms in total. The molecule has 0 radical (unpaired) electrons. The fourth-order valence-electron chi connectivity index (χ4n) is 1.67. The van der Waals surface area contributed by atoms with Crippen LogP contribution in [0, 0.1) is 0 Å². The fraction of sp³-hybridized carbons (Fsp3) is 0.583. The van der Waals surface area contributed by atoms with E-state index >= 15 is 0 Å². The van der Waals surface area contributed by atoms with Gasteiger partial charge in [0.05, 0.1) is 13.0 Å². The molecular formula is C12H16O4. The molecule has 2 aliphatic heterocycles. The number of carbonyl (C=O) groups is 1. The van der Waals surface area contributed by atoms with Crippen LogP contribution >= 0.6 is 0 Å². The maximum Gasteiger partial charge on any atom is 0.315 e. The Morgan fingerprint density at radius 3 is 3.12 bits per heavy atom. The van der Waals surface area contributed by atoms with E-state index in [9.17, 15) is 4.79 Å². The van der Waals surface area contributed by atoms with Crippen LogP contribution in [0.2, 0.25) is 0 Å². The van der Waals surface area contributed by atoms with Crippen molar-refractivity contribution in [1.29, 1.82) is 0 Å². The van der Waals surface area contributed by atoms with E-state index < -0.39 is 0 Å². The second-order valence-electron chi connectivity index (χ2n) is 3.82. The molecule has 1 atom stereocenters. The summed E-state index contributed by atoms with van der Waals surface area (Å²) < 4.78 is 15.8. The standard InChI is InChI=1S/C12H16O4/c13-11-7-6-10(16-11)4-3-9-15-12-5-1-2-8-14-12/h3-4,6,12H,1-2,5,7-9H2/b4-3+. The largest absolute Gasteiger partial charge is 0.427 e. The van der Waals surface area contributed by atoms with E-state index in [1.807, 2.05) is 6.08 Å². The number of hydrogen-bond donors (Lipinski definition) is 0. The zero-order valence-electron chi connectivity index (χ0n) is 9.19. The Hall–Kier alpha value is -1.13. The van der Waals surface area contributed by atoms with E-state index in [2.05, 4.69) is 0 Å². The third-order valence-corrected chi connectivity index (χ3v) is 2.50. The summed E-state index contributed by atoms with van der Waals surface area (Å²) in [5.74, 6) is 0.411. The summed E-state index contributed by atoms with van der Waals surface area (Å²) in [6.07, 6.45) is 8.90. The molecule has 0 aromatic rings. The van der Waals surface area contributed by atoms with Crippen molar-refractivity contribution >= 4 is 5.97 Å². The fourth-order valence-corrected chi connectivity index (χ4v) is 1.67. The minimum Gasteiger partial charge on any atom is -0.427 e. The minimum absolute atomic E-state index is 0.0708. The molecule has 2 aliphatic rings. The molecular weight excluding hydrogens is 208 g/mol. The lowest BCUT2D eigenvalue weighted by Crippen LogP contribution is -2.22. The van der Waals surface area contributed by atoms with Crippen molar-refractivity contribution in [2.45, 2.75) is 32.0 Å². The van der Waals surface area contributed by atoms with Gasteiger partial charge in [-0.2, -0.15) is 0 Å². The molecule has 1 saturated heterocycles. The Morgan fingerprint density at radius 1 is 1.50 bits per heavy atom. The van der Waals surface area contributed by atoms with Crippen LogP contribution in [0.15, 0.2) is 24.0 Å². The number of carbonyl (C=O) groups excluding carboxylic acids is 1. The smallest absolute Gasteiger partial charge is 0.315 e. The van der Waals surface area contributed by atoms with Gasteiger partial charge in [-0.05, 0) is 31.4 Å². The van der Waals surface area contributed by atoms with Crippen LogP contribution in [0.4, 0.5) is 0 Å². The number of rotatable bonds is 4. The van der Waals surface area contributed by atoms with Gasteiger partial charge in [0.15, 0.2) is 6.29 Å². The van der Waals surface area contributed by atoms with Crippen molar-refractivity contribution in [3.63, 3.8) is 0 Å². The molecule has 0 aliphatic carbocycles. The molecule has 0 N–H and O–H groups in total. The van der Waals surface area contributed by atoms with E-state index in [1.165, 1.54) is 0 Å². The van der Waals surface area contributed by atoms with Crippen LogP contribution in [0.3, 0.4) is 0 Å². The normalized spacial score (nSPS) is 25.9. The second-order valence-corrected chi connectivity index (χ2v) is 3.82.